The first-order chi connectivity index (χ1) is 10.7. The van der Waals surface area contributed by atoms with Crippen LogP contribution in [0.2, 0.25) is 0 Å². The molecule has 0 bridgehead atoms. The summed E-state index contributed by atoms with van der Waals surface area (Å²) in [6.45, 7) is 6.23. The number of alkyl carbamates (subject to hydrolysis) is 1. The molecule has 0 saturated carbocycles. The van der Waals surface area contributed by atoms with Gasteiger partial charge in [-0.15, -0.1) is 0 Å². The molecule has 0 radical (unpaired) electrons. The third-order valence-corrected chi connectivity index (χ3v) is 3.01. The average Bonchev–Trinajstić information content (AvgIpc) is 2.41. The van der Waals surface area contributed by atoms with Crippen LogP contribution in [-0.2, 0) is 4.74 Å². The van der Waals surface area contributed by atoms with E-state index in [4.69, 9.17) is 9.84 Å². The second-order valence-electron chi connectivity index (χ2n) is 5.59. The second-order valence-corrected chi connectivity index (χ2v) is 6.45. The number of nitrogens with zero attached hydrogens (tertiary/aromatic N) is 1. The predicted molar refractivity (Wildman–Crippen MR) is 90.8 cm³/mol. The van der Waals surface area contributed by atoms with Crippen molar-refractivity contribution in [1.82, 2.24) is 10.3 Å². The lowest BCUT2D eigenvalue weighted by Gasteiger charge is -2.19. The number of carboxylic acids is 1. The molecule has 0 aliphatic heterocycles. The average molecular weight is 386 g/mol. The maximum atomic E-state index is 11.4. The summed E-state index contributed by atoms with van der Waals surface area (Å²) in [7, 11) is 0. The second kappa shape index (κ2) is 8.52. The summed E-state index contributed by atoms with van der Waals surface area (Å²) >= 11 is 3.26. The van der Waals surface area contributed by atoms with Gasteiger partial charge in [0.15, 0.2) is 0 Å². The molecule has 1 amide bonds. The van der Waals surface area contributed by atoms with Gasteiger partial charge in [0.1, 0.15) is 11.4 Å². The number of aromatic nitrogens is 1. The largest absolute Gasteiger partial charge is 0.478 e. The zero-order valence-corrected chi connectivity index (χ0v) is 14.8. The molecule has 0 fully saturated rings. The van der Waals surface area contributed by atoms with Crippen LogP contribution in [0.1, 0.15) is 31.1 Å². The molecule has 7 nitrogen and oxygen atoms in total. The summed E-state index contributed by atoms with van der Waals surface area (Å²) in [6.07, 6.45) is 4.40. The Kier molecular flexibility index (Phi) is 7.02. The van der Waals surface area contributed by atoms with E-state index in [1.807, 2.05) is 6.08 Å². The number of anilines is 1. The van der Waals surface area contributed by atoms with Gasteiger partial charge < -0.3 is 20.5 Å². The number of ether oxygens (including phenoxy) is 1. The number of nitrogens with one attached hydrogen (secondary N) is 2. The predicted octanol–water partition coefficient (Wildman–Crippen LogP) is 3.04. The molecule has 0 atom stereocenters. The molecule has 0 aliphatic carbocycles. The molecule has 3 N–H and O–H groups in total. The molecular weight excluding hydrogens is 366 g/mol. The van der Waals surface area contributed by atoms with Crippen LogP contribution in [0, 0.1) is 0 Å². The minimum Gasteiger partial charge on any atom is -0.478 e. The molecule has 8 heteroatoms. The van der Waals surface area contributed by atoms with Crippen LogP contribution in [0.4, 0.5) is 10.6 Å². The van der Waals surface area contributed by atoms with Crippen LogP contribution in [0.25, 0.3) is 0 Å². The molecule has 1 heterocycles. The molecule has 1 rings (SSSR count). The van der Waals surface area contributed by atoms with E-state index in [-0.39, 0.29) is 5.56 Å². The molecule has 0 unspecified atom stereocenters. The number of aromatic carboxylic acids is 1. The molecule has 1 aromatic heterocycles. The molecule has 126 valence electrons. The van der Waals surface area contributed by atoms with Crippen molar-refractivity contribution in [3.8, 4) is 0 Å². The van der Waals surface area contributed by atoms with Gasteiger partial charge >= 0.3 is 12.1 Å². The van der Waals surface area contributed by atoms with Crippen molar-refractivity contribution in [1.29, 1.82) is 0 Å². The highest BCUT2D eigenvalue weighted by molar-refractivity contribution is 9.10. The molecule has 0 saturated heterocycles. The Bertz CT molecular complexity index is 597. The van der Waals surface area contributed by atoms with Crippen molar-refractivity contribution in [3.63, 3.8) is 0 Å². The van der Waals surface area contributed by atoms with Gasteiger partial charge in [-0.2, -0.15) is 0 Å². The third-order valence-electron chi connectivity index (χ3n) is 2.41. The maximum absolute atomic E-state index is 11.4. The number of hydrogen-bond donors (Lipinski definition) is 3. The van der Waals surface area contributed by atoms with E-state index in [1.54, 1.807) is 26.8 Å². The van der Waals surface area contributed by atoms with Gasteiger partial charge in [0, 0.05) is 19.3 Å². The number of pyridine rings is 1. The monoisotopic (exact) mass is 385 g/mol. The Balaban J connectivity index is 2.34. The zero-order valence-electron chi connectivity index (χ0n) is 13.2. The highest BCUT2D eigenvalue weighted by Gasteiger charge is 2.14. The number of carbonyl (C=O) groups is 2. The molecule has 23 heavy (non-hydrogen) atoms. The number of amides is 1. The Hall–Kier alpha value is -2.09. The summed E-state index contributed by atoms with van der Waals surface area (Å²) < 4.78 is 5.66. The number of hydrogen-bond acceptors (Lipinski definition) is 5. The fourth-order valence-electron chi connectivity index (χ4n) is 1.46. The summed E-state index contributed by atoms with van der Waals surface area (Å²) in [5, 5.41) is 14.5. The van der Waals surface area contributed by atoms with Crippen molar-refractivity contribution in [3.05, 3.63) is 34.5 Å². The van der Waals surface area contributed by atoms with Crippen LogP contribution < -0.4 is 10.6 Å². The Morgan fingerprint density at radius 2 is 2.00 bits per heavy atom. The first-order valence-electron chi connectivity index (χ1n) is 6.93. The number of rotatable bonds is 6. The highest BCUT2D eigenvalue weighted by atomic mass is 79.9. The minimum absolute atomic E-state index is 0.111. The van der Waals surface area contributed by atoms with Gasteiger partial charge in [0.25, 0.3) is 0 Å². The first-order valence-corrected chi connectivity index (χ1v) is 7.73. The van der Waals surface area contributed by atoms with Gasteiger partial charge in [-0.1, -0.05) is 12.2 Å². The van der Waals surface area contributed by atoms with Crippen molar-refractivity contribution >= 4 is 33.8 Å². The lowest BCUT2D eigenvalue weighted by Crippen LogP contribution is -2.32. The van der Waals surface area contributed by atoms with E-state index in [0.717, 1.165) is 0 Å². The zero-order chi connectivity index (χ0) is 17.5. The Labute approximate surface area is 143 Å². The van der Waals surface area contributed by atoms with Crippen LogP contribution >= 0.6 is 15.9 Å². The quantitative estimate of drug-likeness (QED) is 0.650. The summed E-state index contributed by atoms with van der Waals surface area (Å²) in [5.41, 5.74) is -0.408. The lowest BCUT2D eigenvalue weighted by molar-refractivity contribution is 0.0533. The van der Waals surface area contributed by atoms with Crippen LogP contribution in [0.15, 0.2) is 28.9 Å². The summed E-state index contributed by atoms with van der Waals surface area (Å²) in [4.78, 5) is 26.2. The number of carbonyl (C=O) groups excluding carboxylic acids is 1. The highest BCUT2D eigenvalue weighted by Crippen LogP contribution is 2.20. The van der Waals surface area contributed by atoms with Crippen LogP contribution in [-0.4, -0.2) is 40.8 Å². The molecule has 0 aromatic carbocycles. The van der Waals surface area contributed by atoms with Gasteiger partial charge in [-0.3, -0.25) is 0 Å². The topological polar surface area (TPSA) is 101 Å². The number of halogens is 1. The van der Waals surface area contributed by atoms with Crippen LogP contribution in [0.3, 0.4) is 0 Å². The van der Waals surface area contributed by atoms with Gasteiger partial charge in [-0.05, 0) is 42.8 Å². The van der Waals surface area contributed by atoms with E-state index in [9.17, 15) is 9.59 Å². The minimum atomic E-state index is -1.03. The lowest BCUT2D eigenvalue weighted by atomic mass is 10.2. The maximum Gasteiger partial charge on any atom is 0.407 e. The smallest absolute Gasteiger partial charge is 0.407 e. The first kappa shape index (κ1) is 19.0. The fraction of sp³-hybridized carbons (Fsp3) is 0.400. The SMILES string of the molecule is CC(C)(C)OC(=O)NC/C=C/CNc1ncc(C(=O)O)cc1Br. The molecule has 1 aromatic rings. The van der Waals surface area contributed by atoms with Gasteiger partial charge in [0.2, 0.25) is 0 Å². The van der Waals surface area contributed by atoms with Gasteiger partial charge in [-0.25, -0.2) is 14.6 Å². The summed E-state index contributed by atoms with van der Waals surface area (Å²) in [5.74, 6) is -0.488. The molecule has 0 aliphatic rings. The van der Waals surface area contributed by atoms with E-state index in [2.05, 4.69) is 31.5 Å². The Morgan fingerprint density at radius 1 is 1.35 bits per heavy atom. The fourth-order valence-corrected chi connectivity index (χ4v) is 1.95. The molecular formula is C15H20BrN3O4. The van der Waals surface area contributed by atoms with Gasteiger partial charge in [0.05, 0.1) is 10.0 Å². The molecule has 0 spiro atoms. The van der Waals surface area contributed by atoms with E-state index in [1.165, 1.54) is 12.3 Å². The normalized spacial score (nSPS) is 11.3. The van der Waals surface area contributed by atoms with Crippen molar-refractivity contribution in [2.75, 3.05) is 18.4 Å². The standard InChI is InChI=1S/C15H20BrN3O4/c1-15(2,3)23-14(22)18-7-5-4-6-17-12-11(16)8-10(9-19-12)13(20)21/h4-5,8-9H,6-7H2,1-3H3,(H,17,19)(H,18,22)(H,20,21)/b5-4+. The van der Waals surface area contributed by atoms with Crippen molar-refractivity contribution in [2.45, 2.75) is 26.4 Å². The van der Waals surface area contributed by atoms with E-state index < -0.39 is 17.7 Å². The van der Waals surface area contributed by atoms with E-state index >= 15 is 0 Å². The summed E-state index contributed by atoms with van der Waals surface area (Å²) in [6, 6.07) is 1.48. The van der Waals surface area contributed by atoms with Crippen molar-refractivity contribution < 1.29 is 19.4 Å². The third kappa shape index (κ3) is 7.64. The van der Waals surface area contributed by atoms with E-state index in [0.29, 0.717) is 23.4 Å². The Morgan fingerprint density at radius 3 is 2.57 bits per heavy atom. The number of carboxylic acid groups (broad SMARTS) is 1. The van der Waals surface area contributed by atoms with Crippen LogP contribution in [0.5, 0.6) is 0 Å². The van der Waals surface area contributed by atoms with Crippen molar-refractivity contribution in [2.24, 2.45) is 0 Å².